The fraction of sp³-hybridized carbons (Fsp3) is 0.556. The lowest BCUT2D eigenvalue weighted by atomic mass is 9.93. The van der Waals surface area contributed by atoms with Gasteiger partial charge in [-0.25, -0.2) is 13.4 Å². The van der Waals surface area contributed by atoms with Crippen LogP contribution in [0.15, 0.2) is 33.3 Å². The molecule has 0 bridgehead atoms. The van der Waals surface area contributed by atoms with Gasteiger partial charge in [0, 0.05) is 49.6 Å². The van der Waals surface area contributed by atoms with Gasteiger partial charge < -0.3 is 4.90 Å². The Balaban J connectivity index is 1.36. The molecular weight excluding hydrogens is 402 g/mol. The van der Waals surface area contributed by atoms with Crippen LogP contribution in [0.25, 0.3) is 0 Å². The van der Waals surface area contributed by atoms with Gasteiger partial charge in [-0.05, 0) is 37.1 Å². The predicted octanol–water partition coefficient (Wildman–Crippen LogP) is 3.01. The Morgan fingerprint density at radius 1 is 1.11 bits per heavy atom. The number of likely N-dealkylation sites (tertiary alicyclic amines) is 1. The molecule has 2 aliphatic heterocycles. The third-order valence-electron chi connectivity index (χ3n) is 5.43. The average Bonchev–Trinajstić information content (AvgIpc) is 3.41. The van der Waals surface area contributed by atoms with Crippen LogP contribution in [0.3, 0.4) is 0 Å². The van der Waals surface area contributed by atoms with Crippen LogP contribution in [0.4, 0.5) is 0 Å². The molecule has 0 aromatic carbocycles. The molecular formula is C18H23N3O3S3. The lowest BCUT2D eigenvalue weighted by Crippen LogP contribution is -2.46. The number of piperidine rings is 2. The summed E-state index contributed by atoms with van der Waals surface area (Å²) in [6.45, 7) is 2.37. The van der Waals surface area contributed by atoms with E-state index in [1.54, 1.807) is 28.8 Å². The van der Waals surface area contributed by atoms with Gasteiger partial charge in [0.25, 0.3) is 10.0 Å². The number of amides is 1. The molecule has 2 aromatic rings. The van der Waals surface area contributed by atoms with Gasteiger partial charge >= 0.3 is 0 Å². The van der Waals surface area contributed by atoms with Gasteiger partial charge in [0.05, 0.1) is 5.01 Å². The van der Waals surface area contributed by atoms with Gasteiger partial charge in [-0.15, -0.1) is 22.7 Å². The molecule has 2 aliphatic rings. The number of hydrogen-bond donors (Lipinski definition) is 0. The molecule has 2 fully saturated rings. The van der Waals surface area contributed by atoms with Crippen LogP contribution in [0.2, 0.25) is 0 Å². The molecule has 0 radical (unpaired) electrons. The summed E-state index contributed by atoms with van der Waals surface area (Å²) in [7, 11) is -3.41. The molecule has 9 heteroatoms. The van der Waals surface area contributed by atoms with Crippen molar-refractivity contribution in [2.75, 3.05) is 26.2 Å². The summed E-state index contributed by atoms with van der Waals surface area (Å²) in [6, 6.07) is 3.40. The Labute approximate surface area is 167 Å². The lowest BCUT2D eigenvalue weighted by Gasteiger charge is -2.37. The largest absolute Gasteiger partial charge is 0.342 e. The second-order valence-electron chi connectivity index (χ2n) is 7.10. The first-order chi connectivity index (χ1) is 13.1. The van der Waals surface area contributed by atoms with E-state index in [9.17, 15) is 13.2 Å². The number of aromatic nitrogens is 1. The van der Waals surface area contributed by atoms with E-state index in [1.807, 2.05) is 16.5 Å². The smallest absolute Gasteiger partial charge is 0.252 e. The maximum Gasteiger partial charge on any atom is 0.252 e. The molecule has 0 aliphatic carbocycles. The summed E-state index contributed by atoms with van der Waals surface area (Å²) in [5.41, 5.74) is 0. The minimum absolute atomic E-state index is 0.0742. The van der Waals surface area contributed by atoms with Crippen LogP contribution >= 0.6 is 22.7 Å². The molecule has 0 saturated carbocycles. The zero-order valence-corrected chi connectivity index (χ0v) is 17.4. The van der Waals surface area contributed by atoms with Crippen LogP contribution in [-0.2, 0) is 14.8 Å². The van der Waals surface area contributed by atoms with Crippen molar-refractivity contribution in [2.24, 2.45) is 5.92 Å². The van der Waals surface area contributed by atoms with E-state index < -0.39 is 10.0 Å². The third-order valence-corrected chi connectivity index (χ3v) is 9.64. The molecule has 0 spiro atoms. The SMILES string of the molecule is O=C(C1CCN(S(=O)(=O)c2cccs2)CC1)N1CCCC(c2nccs2)C1. The Kier molecular flexibility index (Phi) is 5.63. The van der Waals surface area contributed by atoms with E-state index >= 15 is 0 Å². The quantitative estimate of drug-likeness (QED) is 0.755. The van der Waals surface area contributed by atoms with Gasteiger partial charge in [-0.1, -0.05) is 6.07 Å². The fourth-order valence-electron chi connectivity index (χ4n) is 3.95. The van der Waals surface area contributed by atoms with Crippen molar-refractivity contribution in [2.45, 2.75) is 35.8 Å². The minimum Gasteiger partial charge on any atom is -0.342 e. The summed E-state index contributed by atoms with van der Waals surface area (Å²) < 4.78 is 27.2. The molecule has 2 aromatic heterocycles. The number of carbonyl (C=O) groups is 1. The standard InChI is InChI=1S/C18H23N3O3S3/c22-18(20-8-1-3-15(13-20)17-19-7-12-26-17)14-5-9-21(10-6-14)27(23,24)16-4-2-11-25-16/h2,4,7,11-12,14-15H,1,3,5-6,8-10,13H2. The highest BCUT2D eigenvalue weighted by atomic mass is 32.2. The summed E-state index contributed by atoms with van der Waals surface area (Å²) in [6.07, 6.45) is 5.10. The van der Waals surface area contributed by atoms with Gasteiger partial charge in [0.1, 0.15) is 4.21 Å². The van der Waals surface area contributed by atoms with E-state index in [0.29, 0.717) is 36.1 Å². The molecule has 6 nitrogen and oxygen atoms in total. The molecule has 0 N–H and O–H groups in total. The van der Waals surface area contributed by atoms with Crippen LogP contribution in [-0.4, -0.2) is 54.7 Å². The normalized spacial score (nSPS) is 22.8. The van der Waals surface area contributed by atoms with Crippen molar-refractivity contribution < 1.29 is 13.2 Å². The molecule has 4 rings (SSSR count). The highest BCUT2D eigenvalue weighted by Crippen LogP contribution is 2.31. The topological polar surface area (TPSA) is 70.6 Å². The lowest BCUT2D eigenvalue weighted by molar-refractivity contribution is -0.138. The Bertz CT molecular complexity index is 857. The summed E-state index contributed by atoms with van der Waals surface area (Å²) >= 11 is 2.90. The number of hydrogen-bond acceptors (Lipinski definition) is 6. The van der Waals surface area contributed by atoms with Crippen molar-refractivity contribution >= 4 is 38.6 Å². The van der Waals surface area contributed by atoms with Crippen molar-refractivity contribution in [3.63, 3.8) is 0 Å². The average molecular weight is 426 g/mol. The predicted molar refractivity (Wildman–Crippen MR) is 106 cm³/mol. The Hall–Kier alpha value is -1.29. The number of thiazole rings is 1. The van der Waals surface area contributed by atoms with Gasteiger partial charge in [0.2, 0.25) is 5.91 Å². The molecule has 1 unspecified atom stereocenters. The highest BCUT2D eigenvalue weighted by molar-refractivity contribution is 7.91. The number of carbonyl (C=O) groups excluding carboxylic acids is 1. The molecule has 1 atom stereocenters. The van der Waals surface area contributed by atoms with Crippen LogP contribution in [0.1, 0.15) is 36.6 Å². The van der Waals surface area contributed by atoms with E-state index in [4.69, 9.17) is 0 Å². The number of thiophene rings is 1. The van der Waals surface area contributed by atoms with Crippen LogP contribution in [0, 0.1) is 5.92 Å². The van der Waals surface area contributed by atoms with E-state index in [0.717, 1.165) is 30.9 Å². The second kappa shape index (κ2) is 7.98. The summed E-state index contributed by atoms with van der Waals surface area (Å²) in [5, 5.41) is 4.88. The highest BCUT2D eigenvalue weighted by Gasteiger charge is 2.35. The van der Waals surface area contributed by atoms with Gasteiger partial charge in [-0.2, -0.15) is 4.31 Å². The monoisotopic (exact) mass is 425 g/mol. The van der Waals surface area contributed by atoms with E-state index in [1.165, 1.54) is 15.6 Å². The molecule has 146 valence electrons. The van der Waals surface area contributed by atoms with Crippen LogP contribution in [0.5, 0.6) is 0 Å². The third kappa shape index (κ3) is 3.96. The van der Waals surface area contributed by atoms with E-state index in [2.05, 4.69) is 4.98 Å². The van der Waals surface area contributed by atoms with Crippen molar-refractivity contribution in [3.8, 4) is 0 Å². The van der Waals surface area contributed by atoms with Gasteiger partial charge in [0.15, 0.2) is 0 Å². The first kappa shape index (κ1) is 19.0. The summed E-state index contributed by atoms with van der Waals surface area (Å²) in [4.78, 5) is 19.4. The van der Waals surface area contributed by atoms with E-state index in [-0.39, 0.29) is 11.8 Å². The summed E-state index contributed by atoms with van der Waals surface area (Å²) in [5.74, 6) is 0.446. The zero-order valence-electron chi connectivity index (χ0n) is 15.0. The molecule has 2 saturated heterocycles. The number of sulfonamides is 1. The maximum absolute atomic E-state index is 13.0. The number of rotatable bonds is 4. The number of nitrogens with zero attached hydrogens (tertiary/aromatic N) is 3. The van der Waals surface area contributed by atoms with Crippen LogP contribution < -0.4 is 0 Å². The first-order valence-electron chi connectivity index (χ1n) is 9.27. The molecule has 1 amide bonds. The van der Waals surface area contributed by atoms with Crippen molar-refractivity contribution in [1.29, 1.82) is 0 Å². The molecule has 4 heterocycles. The minimum atomic E-state index is -3.41. The van der Waals surface area contributed by atoms with Gasteiger partial charge in [-0.3, -0.25) is 4.79 Å². The first-order valence-corrected chi connectivity index (χ1v) is 12.5. The Morgan fingerprint density at radius 3 is 2.59 bits per heavy atom. The van der Waals surface area contributed by atoms with Crippen molar-refractivity contribution in [1.82, 2.24) is 14.2 Å². The fourth-order valence-corrected chi connectivity index (χ4v) is 7.34. The zero-order chi connectivity index (χ0) is 18.9. The molecule has 27 heavy (non-hydrogen) atoms. The maximum atomic E-state index is 13.0. The van der Waals surface area contributed by atoms with Crippen molar-refractivity contribution in [3.05, 3.63) is 34.1 Å². The Morgan fingerprint density at radius 2 is 1.93 bits per heavy atom. The second-order valence-corrected chi connectivity index (χ2v) is 11.1.